The SMILES string of the molecule is Cc1sc2c(Cl)ccnc2c1CC(F)(F)F. The predicted octanol–water partition coefficient (Wildman–Crippen LogP) is 4.36. The largest absolute Gasteiger partial charge is 0.393 e. The molecule has 86 valence electrons. The summed E-state index contributed by atoms with van der Waals surface area (Å²) < 4.78 is 37.7. The first-order chi connectivity index (χ1) is 7.38. The minimum absolute atomic E-state index is 0.231. The lowest BCUT2D eigenvalue weighted by Gasteiger charge is -2.05. The van der Waals surface area contributed by atoms with Crippen LogP contribution in [0.25, 0.3) is 10.2 Å². The van der Waals surface area contributed by atoms with E-state index in [4.69, 9.17) is 11.6 Å². The number of aromatic nitrogens is 1. The van der Waals surface area contributed by atoms with Gasteiger partial charge < -0.3 is 0 Å². The third-order valence-electron chi connectivity index (χ3n) is 2.20. The van der Waals surface area contributed by atoms with Crippen molar-refractivity contribution >= 4 is 33.2 Å². The van der Waals surface area contributed by atoms with Crippen molar-refractivity contribution in [2.45, 2.75) is 19.5 Å². The van der Waals surface area contributed by atoms with Crippen LogP contribution in [0.2, 0.25) is 5.02 Å². The Morgan fingerprint density at radius 1 is 1.44 bits per heavy atom. The second-order valence-corrected chi connectivity index (χ2v) is 5.03. The van der Waals surface area contributed by atoms with Gasteiger partial charge in [0.15, 0.2) is 0 Å². The second kappa shape index (κ2) is 3.89. The Morgan fingerprint density at radius 2 is 2.12 bits per heavy atom. The van der Waals surface area contributed by atoms with Crippen LogP contribution in [-0.4, -0.2) is 11.2 Å². The number of fused-ring (bicyclic) bond motifs is 1. The highest BCUT2D eigenvalue weighted by molar-refractivity contribution is 7.19. The number of thiophene rings is 1. The normalized spacial score (nSPS) is 12.3. The van der Waals surface area contributed by atoms with Crippen molar-refractivity contribution < 1.29 is 13.2 Å². The summed E-state index contributed by atoms with van der Waals surface area (Å²) in [6, 6.07) is 1.58. The molecule has 0 atom stereocenters. The lowest BCUT2D eigenvalue weighted by atomic mass is 10.1. The van der Waals surface area contributed by atoms with Crippen molar-refractivity contribution in [3.05, 3.63) is 27.7 Å². The van der Waals surface area contributed by atoms with E-state index in [1.54, 1.807) is 13.0 Å². The first-order valence-corrected chi connectivity index (χ1v) is 5.67. The number of aryl methyl sites for hydroxylation is 1. The number of alkyl halides is 3. The first-order valence-electron chi connectivity index (χ1n) is 4.48. The Balaban J connectivity index is 2.61. The summed E-state index contributed by atoms with van der Waals surface area (Å²) in [5, 5.41) is 0.450. The number of hydrogen-bond acceptors (Lipinski definition) is 2. The van der Waals surface area contributed by atoms with Crippen LogP contribution in [0.5, 0.6) is 0 Å². The van der Waals surface area contributed by atoms with Crippen molar-refractivity contribution in [3.8, 4) is 0 Å². The van der Waals surface area contributed by atoms with Gasteiger partial charge in [0.05, 0.1) is 21.7 Å². The van der Waals surface area contributed by atoms with Crippen LogP contribution in [0.1, 0.15) is 10.4 Å². The molecular weight excluding hydrogens is 259 g/mol. The van der Waals surface area contributed by atoms with Crippen molar-refractivity contribution in [3.63, 3.8) is 0 Å². The molecule has 0 bridgehead atoms. The quantitative estimate of drug-likeness (QED) is 0.746. The molecule has 0 spiro atoms. The fourth-order valence-corrected chi connectivity index (χ4v) is 2.82. The highest BCUT2D eigenvalue weighted by atomic mass is 35.5. The molecule has 0 saturated heterocycles. The predicted molar refractivity (Wildman–Crippen MR) is 59.1 cm³/mol. The van der Waals surface area contributed by atoms with Gasteiger partial charge in [-0.25, -0.2) is 0 Å². The molecule has 2 aromatic rings. The van der Waals surface area contributed by atoms with Gasteiger partial charge in [0.1, 0.15) is 0 Å². The van der Waals surface area contributed by atoms with Gasteiger partial charge in [0, 0.05) is 16.6 Å². The zero-order valence-electron chi connectivity index (χ0n) is 8.23. The van der Waals surface area contributed by atoms with Crippen LogP contribution in [0.3, 0.4) is 0 Å². The van der Waals surface area contributed by atoms with E-state index in [0.29, 0.717) is 20.1 Å². The minimum Gasteiger partial charge on any atom is -0.255 e. The monoisotopic (exact) mass is 265 g/mol. The number of hydrogen-bond donors (Lipinski definition) is 0. The first kappa shape index (κ1) is 11.7. The molecule has 0 saturated carbocycles. The molecule has 16 heavy (non-hydrogen) atoms. The molecule has 6 heteroatoms. The summed E-state index contributed by atoms with van der Waals surface area (Å²) in [5.74, 6) is 0. The summed E-state index contributed by atoms with van der Waals surface area (Å²) in [7, 11) is 0. The maximum atomic E-state index is 12.4. The summed E-state index contributed by atoms with van der Waals surface area (Å²) >= 11 is 7.15. The van der Waals surface area contributed by atoms with Gasteiger partial charge >= 0.3 is 6.18 Å². The smallest absolute Gasteiger partial charge is 0.255 e. The van der Waals surface area contributed by atoms with Gasteiger partial charge in [0.25, 0.3) is 0 Å². The van der Waals surface area contributed by atoms with E-state index in [1.165, 1.54) is 17.5 Å². The zero-order chi connectivity index (χ0) is 11.9. The Kier molecular flexibility index (Phi) is 2.84. The van der Waals surface area contributed by atoms with Crippen molar-refractivity contribution in [2.75, 3.05) is 0 Å². The van der Waals surface area contributed by atoms with Gasteiger partial charge in [0.2, 0.25) is 0 Å². The van der Waals surface area contributed by atoms with E-state index in [1.807, 2.05) is 0 Å². The molecule has 1 nitrogen and oxygen atoms in total. The second-order valence-electron chi connectivity index (χ2n) is 3.40. The van der Waals surface area contributed by atoms with Crippen molar-refractivity contribution in [2.24, 2.45) is 0 Å². The minimum atomic E-state index is -4.22. The molecule has 0 fully saturated rings. The van der Waals surface area contributed by atoms with Gasteiger partial charge in [-0.15, -0.1) is 11.3 Å². The summed E-state index contributed by atoms with van der Waals surface area (Å²) in [4.78, 5) is 4.59. The van der Waals surface area contributed by atoms with E-state index in [9.17, 15) is 13.2 Å². The fraction of sp³-hybridized carbons (Fsp3) is 0.300. The van der Waals surface area contributed by atoms with E-state index >= 15 is 0 Å². The Labute approximate surface area is 98.9 Å². The van der Waals surface area contributed by atoms with Crippen LogP contribution in [0, 0.1) is 6.92 Å². The maximum absolute atomic E-state index is 12.4. The van der Waals surface area contributed by atoms with Crippen LogP contribution in [0.4, 0.5) is 13.2 Å². The lowest BCUT2D eigenvalue weighted by Crippen LogP contribution is -2.12. The van der Waals surface area contributed by atoms with Gasteiger partial charge in [-0.2, -0.15) is 13.2 Å². The van der Waals surface area contributed by atoms with Gasteiger partial charge in [-0.3, -0.25) is 4.98 Å². The van der Waals surface area contributed by atoms with Crippen LogP contribution in [-0.2, 0) is 6.42 Å². The van der Waals surface area contributed by atoms with Crippen LogP contribution >= 0.6 is 22.9 Å². The molecule has 0 aliphatic rings. The molecule has 2 rings (SSSR count). The topological polar surface area (TPSA) is 12.9 Å². The molecule has 0 unspecified atom stereocenters. The van der Waals surface area contributed by atoms with E-state index in [-0.39, 0.29) is 5.56 Å². The van der Waals surface area contributed by atoms with E-state index in [0.717, 1.165) is 0 Å². The molecule has 0 radical (unpaired) electrons. The Bertz CT molecular complexity index is 533. The summed E-state index contributed by atoms with van der Waals surface area (Å²) in [6.07, 6.45) is -3.74. The number of rotatable bonds is 1. The van der Waals surface area contributed by atoms with Gasteiger partial charge in [-0.05, 0) is 13.0 Å². The lowest BCUT2D eigenvalue weighted by molar-refractivity contribution is -0.127. The molecule has 0 aliphatic carbocycles. The van der Waals surface area contributed by atoms with Crippen LogP contribution < -0.4 is 0 Å². The molecule has 0 aliphatic heterocycles. The number of halogens is 4. The molecule has 0 amide bonds. The third-order valence-corrected chi connectivity index (χ3v) is 3.80. The Morgan fingerprint density at radius 3 is 2.75 bits per heavy atom. The third kappa shape index (κ3) is 2.15. The van der Waals surface area contributed by atoms with E-state index < -0.39 is 12.6 Å². The maximum Gasteiger partial charge on any atom is 0.393 e. The van der Waals surface area contributed by atoms with Crippen molar-refractivity contribution in [1.29, 1.82) is 0 Å². The molecule has 2 heterocycles. The highest BCUT2D eigenvalue weighted by Crippen LogP contribution is 2.36. The molecule has 2 aromatic heterocycles. The molecule has 0 aromatic carbocycles. The fourth-order valence-electron chi connectivity index (χ4n) is 1.53. The Hall–Kier alpha value is -0.810. The van der Waals surface area contributed by atoms with Crippen LogP contribution in [0.15, 0.2) is 12.3 Å². The number of pyridine rings is 1. The average Bonchev–Trinajstić information content (AvgIpc) is 2.44. The summed E-state index contributed by atoms with van der Waals surface area (Å²) in [6.45, 7) is 1.66. The van der Waals surface area contributed by atoms with Gasteiger partial charge in [-0.1, -0.05) is 11.6 Å². The summed E-state index contributed by atoms with van der Waals surface area (Å²) in [5.41, 5.74) is 0.599. The van der Waals surface area contributed by atoms with E-state index in [2.05, 4.69) is 4.98 Å². The number of nitrogens with zero attached hydrogens (tertiary/aromatic N) is 1. The average molecular weight is 266 g/mol. The van der Waals surface area contributed by atoms with Crippen molar-refractivity contribution in [1.82, 2.24) is 4.98 Å². The highest BCUT2D eigenvalue weighted by Gasteiger charge is 2.30. The standard InChI is InChI=1S/C10H7ClF3NS/c1-5-6(4-10(12,13)14)8-9(16-5)7(11)2-3-15-8/h2-3H,4H2,1H3. The zero-order valence-corrected chi connectivity index (χ0v) is 9.80. The molecular formula is C10H7ClF3NS. The molecule has 0 N–H and O–H groups in total.